The molecule has 0 radical (unpaired) electrons. The van der Waals surface area contributed by atoms with Gasteiger partial charge in [-0.2, -0.15) is 0 Å². The number of carboxylic acid groups (broad SMARTS) is 1. The van der Waals surface area contributed by atoms with Crippen molar-refractivity contribution in [2.45, 2.75) is 13.0 Å². The van der Waals surface area contributed by atoms with Crippen molar-refractivity contribution in [1.82, 2.24) is 4.90 Å². The smallest absolute Gasteiger partial charge is 0.326 e. The van der Waals surface area contributed by atoms with Gasteiger partial charge >= 0.3 is 5.97 Å². The van der Waals surface area contributed by atoms with Crippen LogP contribution in [-0.4, -0.2) is 40.1 Å². The Morgan fingerprint density at radius 2 is 2.00 bits per heavy atom. The van der Waals surface area contributed by atoms with Gasteiger partial charge in [-0.25, -0.2) is 9.18 Å². The zero-order valence-corrected chi connectivity index (χ0v) is 9.35. The summed E-state index contributed by atoms with van der Waals surface area (Å²) in [5.74, 6) is -3.00. The molecule has 2 N–H and O–H groups in total. The molecule has 6 heteroatoms. The lowest BCUT2D eigenvalue weighted by Crippen LogP contribution is -2.40. The minimum atomic E-state index is -1.18. The second-order valence-corrected chi connectivity index (χ2v) is 3.59. The van der Waals surface area contributed by atoms with E-state index in [0.29, 0.717) is 0 Å². The first-order valence-corrected chi connectivity index (χ1v) is 4.83. The van der Waals surface area contributed by atoms with E-state index in [4.69, 9.17) is 5.11 Å². The Morgan fingerprint density at radius 3 is 2.53 bits per heavy atom. The number of aliphatic carboxylic acids is 1. The van der Waals surface area contributed by atoms with E-state index in [-0.39, 0.29) is 11.3 Å². The summed E-state index contributed by atoms with van der Waals surface area (Å²) in [6.45, 7) is 1.32. The minimum absolute atomic E-state index is 0.263. The molecule has 1 rings (SSSR count). The highest BCUT2D eigenvalue weighted by Crippen LogP contribution is 2.20. The van der Waals surface area contributed by atoms with Crippen molar-refractivity contribution >= 4 is 11.9 Å². The number of carbonyl (C=O) groups excluding carboxylic acids is 1. The van der Waals surface area contributed by atoms with E-state index in [2.05, 4.69) is 0 Å². The molecule has 0 aromatic heterocycles. The maximum absolute atomic E-state index is 12.9. The van der Waals surface area contributed by atoms with Gasteiger partial charge in [-0.15, -0.1) is 0 Å². The van der Waals surface area contributed by atoms with Crippen molar-refractivity contribution in [3.8, 4) is 5.75 Å². The van der Waals surface area contributed by atoms with Crippen molar-refractivity contribution in [1.29, 1.82) is 0 Å². The Balaban J connectivity index is 3.04. The van der Waals surface area contributed by atoms with Crippen LogP contribution in [0, 0.1) is 5.82 Å². The molecule has 1 unspecified atom stereocenters. The molecule has 0 heterocycles. The van der Waals surface area contributed by atoms with Crippen LogP contribution in [-0.2, 0) is 4.79 Å². The number of aromatic hydroxyl groups is 1. The normalized spacial score (nSPS) is 11.9. The van der Waals surface area contributed by atoms with E-state index in [1.165, 1.54) is 14.0 Å². The van der Waals surface area contributed by atoms with Crippen LogP contribution in [0.4, 0.5) is 4.39 Å². The van der Waals surface area contributed by atoms with Crippen LogP contribution in [0.3, 0.4) is 0 Å². The summed E-state index contributed by atoms with van der Waals surface area (Å²) in [5, 5.41) is 18.2. The third-order valence-corrected chi connectivity index (χ3v) is 2.45. The topological polar surface area (TPSA) is 77.8 Å². The lowest BCUT2D eigenvalue weighted by molar-refractivity contribution is -0.141. The molecule has 0 aliphatic rings. The Morgan fingerprint density at radius 1 is 1.41 bits per heavy atom. The summed E-state index contributed by atoms with van der Waals surface area (Å²) in [6, 6.07) is 1.85. The number of hydrogen-bond acceptors (Lipinski definition) is 3. The number of likely N-dealkylation sites (N-methyl/N-ethyl adjacent to an activating group) is 1. The second kappa shape index (κ2) is 4.82. The van der Waals surface area contributed by atoms with E-state index in [9.17, 15) is 19.1 Å². The van der Waals surface area contributed by atoms with Crippen molar-refractivity contribution < 1.29 is 24.2 Å². The molecule has 1 amide bonds. The molecule has 0 saturated heterocycles. The highest BCUT2D eigenvalue weighted by atomic mass is 19.1. The molecule has 1 atom stereocenters. The van der Waals surface area contributed by atoms with Gasteiger partial charge < -0.3 is 15.1 Å². The van der Waals surface area contributed by atoms with Gasteiger partial charge in [0.1, 0.15) is 17.6 Å². The van der Waals surface area contributed by atoms with Crippen LogP contribution in [0.5, 0.6) is 5.75 Å². The first-order chi connectivity index (χ1) is 7.84. The molecule has 0 bridgehead atoms. The summed E-state index contributed by atoms with van der Waals surface area (Å²) in [4.78, 5) is 23.4. The van der Waals surface area contributed by atoms with Crippen LogP contribution in [0.25, 0.3) is 0 Å². The maximum atomic E-state index is 12.9. The number of phenols is 1. The molecule has 92 valence electrons. The molecule has 0 fully saturated rings. The summed E-state index contributed by atoms with van der Waals surface area (Å²) in [5.41, 5.74) is -0.263. The number of nitrogens with zero attached hydrogens (tertiary/aromatic N) is 1. The average Bonchev–Trinajstić information content (AvgIpc) is 2.29. The van der Waals surface area contributed by atoms with Crippen LogP contribution >= 0.6 is 0 Å². The Hall–Kier alpha value is -2.11. The maximum Gasteiger partial charge on any atom is 0.326 e. The lowest BCUT2D eigenvalue weighted by atomic mass is 10.1. The molecular formula is C11H12FNO4. The SMILES string of the molecule is CC(C(=O)O)N(C)C(=O)c1cc(F)ccc1O. The van der Waals surface area contributed by atoms with E-state index in [0.717, 1.165) is 23.1 Å². The first kappa shape index (κ1) is 13.0. The lowest BCUT2D eigenvalue weighted by Gasteiger charge is -2.21. The van der Waals surface area contributed by atoms with Crippen LogP contribution < -0.4 is 0 Å². The van der Waals surface area contributed by atoms with E-state index < -0.39 is 23.7 Å². The summed E-state index contributed by atoms with van der Waals surface area (Å²) < 4.78 is 12.9. The first-order valence-electron chi connectivity index (χ1n) is 4.83. The van der Waals surface area contributed by atoms with Crippen LogP contribution in [0.2, 0.25) is 0 Å². The third kappa shape index (κ3) is 2.72. The number of carbonyl (C=O) groups is 2. The van der Waals surface area contributed by atoms with Gasteiger partial charge in [0.15, 0.2) is 0 Å². The van der Waals surface area contributed by atoms with Gasteiger partial charge in [0.05, 0.1) is 5.56 Å². The Labute approximate surface area is 97.1 Å². The highest BCUT2D eigenvalue weighted by molar-refractivity contribution is 5.98. The zero-order valence-electron chi connectivity index (χ0n) is 9.35. The molecule has 0 saturated carbocycles. The molecule has 1 aromatic rings. The van der Waals surface area contributed by atoms with Crippen molar-refractivity contribution in [3.63, 3.8) is 0 Å². The third-order valence-electron chi connectivity index (χ3n) is 2.45. The number of hydrogen-bond donors (Lipinski definition) is 2. The van der Waals surface area contributed by atoms with Gasteiger partial charge in [0, 0.05) is 7.05 Å². The fraction of sp³-hybridized carbons (Fsp3) is 0.273. The highest BCUT2D eigenvalue weighted by Gasteiger charge is 2.24. The van der Waals surface area contributed by atoms with E-state index >= 15 is 0 Å². The zero-order chi connectivity index (χ0) is 13.2. The number of amides is 1. The Kier molecular flexibility index (Phi) is 3.67. The predicted octanol–water partition coefficient (Wildman–Crippen LogP) is 1.08. The predicted molar refractivity (Wildman–Crippen MR) is 57.3 cm³/mol. The summed E-state index contributed by atoms with van der Waals surface area (Å²) >= 11 is 0. The van der Waals surface area contributed by atoms with Gasteiger partial charge in [-0.1, -0.05) is 0 Å². The number of phenolic OH excluding ortho intramolecular Hbond substituents is 1. The van der Waals surface area contributed by atoms with Crippen molar-refractivity contribution in [3.05, 3.63) is 29.6 Å². The average molecular weight is 241 g/mol. The van der Waals surface area contributed by atoms with Gasteiger partial charge in [-0.05, 0) is 25.1 Å². The Bertz CT molecular complexity index is 461. The fourth-order valence-corrected chi connectivity index (χ4v) is 1.21. The van der Waals surface area contributed by atoms with Gasteiger partial charge in [0.2, 0.25) is 0 Å². The number of carboxylic acids is 1. The van der Waals surface area contributed by atoms with Crippen LogP contribution in [0.15, 0.2) is 18.2 Å². The van der Waals surface area contributed by atoms with Crippen molar-refractivity contribution in [2.24, 2.45) is 0 Å². The number of halogens is 1. The molecular weight excluding hydrogens is 229 g/mol. The van der Waals surface area contributed by atoms with Crippen LogP contribution in [0.1, 0.15) is 17.3 Å². The second-order valence-electron chi connectivity index (χ2n) is 3.59. The molecule has 1 aromatic carbocycles. The molecule has 17 heavy (non-hydrogen) atoms. The molecule has 5 nitrogen and oxygen atoms in total. The fourth-order valence-electron chi connectivity index (χ4n) is 1.21. The van der Waals surface area contributed by atoms with Gasteiger partial charge in [-0.3, -0.25) is 4.79 Å². The van der Waals surface area contributed by atoms with E-state index in [1.54, 1.807) is 0 Å². The number of benzene rings is 1. The van der Waals surface area contributed by atoms with Gasteiger partial charge in [0.25, 0.3) is 5.91 Å². The number of rotatable bonds is 3. The minimum Gasteiger partial charge on any atom is -0.507 e. The van der Waals surface area contributed by atoms with E-state index in [1.807, 2.05) is 0 Å². The summed E-state index contributed by atoms with van der Waals surface area (Å²) in [7, 11) is 1.27. The molecule has 0 aliphatic heterocycles. The standard InChI is InChI=1S/C11H12FNO4/c1-6(11(16)17)13(2)10(15)8-5-7(12)3-4-9(8)14/h3-6,14H,1-2H3,(H,16,17). The quantitative estimate of drug-likeness (QED) is 0.830. The van der Waals surface area contributed by atoms with Crippen molar-refractivity contribution in [2.75, 3.05) is 7.05 Å². The monoisotopic (exact) mass is 241 g/mol. The summed E-state index contributed by atoms with van der Waals surface area (Å²) in [6.07, 6.45) is 0. The molecule has 0 aliphatic carbocycles. The molecule has 0 spiro atoms. The largest absolute Gasteiger partial charge is 0.507 e.